The molecule has 0 fully saturated rings. The molecule has 0 aliphatic rings. The molecular formula is C23H28FN3O3S3. The lowest BCUT2D eigenvalue weighted by Crippen LogP contribution is -2.39. The van der Waals surface area contributed by atoms with Gasteiger partial charge in [-0.15, -0.1) is 11.8 Å². The van der Waals surface area contributed by atoms with E-state index in [1.165, 1.54) is 23.5 Å². The Morgan fingerprint density at radius 2 is 1.79 bits per heavy atom. The highest BCUT2D eigenvalue weighted by Gasteiger charge is 2.24. The molecule has 0 radical (unpaired) electrons. The van der Waals surface area contributed by atoms with Gasteiger partial charge in [-0.3, -0.25) is 9.69 Å². The summed E-state index contributed by atoms with van der Waals surface area (Å²) < 4.78 is 39.5. The molecule has 0 aliphatic heterocycles. The molecule has 0 spiro atoms. The van der Waals surface area contributed by atoms with Gasteiger partial charge in [-0.1, -0.05) is 25.2 Å². The van der Waals surface area contributed by atoms with Crippen LogP contribution in [0.2, 0.25) is 0 Å². The van der Waals surface area contributed by atoms with Crippen LogP contribution in [0.1, 0.15) is 20.3 Å². The first-order chi connectivity index (χ1) is 15.8. The van der Waals surface area contributed by atoms with E-state index in [0.717, 1.165) is 40.3 Å². The third-order valence-electron chi connectivity index (χ3n) is 5.41. The molecule has 0 saturated heterocycles. The van der Waals surface area contributed by atoms with Crippen LogP contribution in [-0.2, 0) is 14.6 Å². The Kier molecular flexibility index (Phi) is 8.86. The zero-order valence-electron chi connectivity index (χ0n) is 19.0. The maximum absolute atomic E-state index is 13.2. The second-order valence-electron chi connectivity index (χ2n) is 7.43. The van der Waals surface area contributed by atoms with Crippen LogP contribution < -0.4 is 4.90 Å². The fourth-order valence-electron chi connectivity index (χ4n) is 3.36. The fourth-order valence-corrected chi connectivity index (χ4v) is 6.15. The van der Waals surface area contributed by atoms with Crippen LogP contribution in [0.3, 0.4) is 0 Å². The number of benzene rings is 2. The number of thiazole rings is 1. The van der Waals surface area contributed by atoms with Gasteiger partial charge >= 0.3 is 0 Å². The number of thioether (sulfide) groups is 1. The Morgan fingerprint density at radius 1 is 1.09 bits per heavy atom. The van der Waals surface area contributed by atoms with Crippen molar-refractivity contribution in [2.75, 3.05) is 43.1 Å². The van der Waals surface area contributed by atoms with Crippen molar-refractivity contribution in [2.45, 2.75) is 30.1 Å². The molecule has 3 rings (SSSR count). The maximum Gasteiger partial charge on any atom is 0.229 e. The summed E-state index contributed by atoms with van der Waals surface area (Å²) in [6, 6.07) is 10.6. The molecule has 0 aliphatic carbocycles. The van der Waals surface area contributed by atoms with Gasteiger partial charge < -0.3 is 4.90 Å². The van der Waals surface area contributed by atoms with Crippen molar-refractivity contribution in [3.05, 3.63) is 48.3 Å². The minimum Gasteiger partial charge on any atom is -0.302 e. The summed E-state index contributed by atoms with van der Waals surface area (Å²) >= 11 is 3.07. The monoisotopic (exact) mass is 509 g/mol. The van der Waals surface area contributed by atoms with E-state index in [-0.39, 0.29) is 23.0 Å². The number of halogens is 1. The predicted octanol–water partition coefficient (Wildman–Crippen LogP) is 4.70. The van der Waals surface area contributed by atoms with E-state index in [4.69, 9.17) is 0 Å². The Labute approximate surface area is 202 Å². The van der Waals surface area contributed by atoms with Crippen molar-refractivity contribution in [1.29, 1.82) is 0 Å². The van der Waals surface area contributed by atoms with Crippen molar-refractivity contribution in [2.24, 2.45) is 0 Å². The fraction of sp³-hybridized carbons (Fsp3) is 0.391. The molecule has 1 amide bonds. The number of hydrogen-bond donors (Lipinski definition) is 0. The number of rotatable bonds is 11. The summed E-state index contributed by atoms with van der Waals surface area (Å²) in [6.45, 7) is 6.92. The van der Waals surface area contributed by atoms with Crippen LogP contribution in [0.15, 0.2) is 52.3 Å². The molecule has 6 nitrogen and oxygen atoms in total. The predicted molar refractivity (Wildman–Crippen MR) is 135 cm³/mol. The average molecular weight is 510 g/mol. The topological polar surface area (TPSA) is 70.6 Å². The number of carbonyl (C=O) groups is 1. The van der Waals surface area contributed by atoms with Crippen LogP contribution in [0.4, 0.5) is 9.52 Å². The molecule has 0 unspecified atom stereocenters. The van der Waals surface area contributed by atoms with E-state index in [1.807, 2.05) is 24.5 Å². The summed E-state index contributed by atoms with van der Waals surface area (Å²) in [6.07, 6.45) is 1.83. The molecule has 2 aromatic carbocycles. The van der Waals surface area contributed by atoms with Crippen molar-refractivity contribution in [3.63, 3.8) is 0 Å². The maximum atomic E-state index is 13.2. The highest BCUT2D eigenvalue weighted by molar-refractivity contribution is 7.98. The molecular weight excluding hydrogens is 481 g/mol. The van der Waals surface area contributed by atoms with Crippen LogP contribution in [0.25, 0.3) is 10.2 Å². The second kappa shape index (κ2) is 11.4. The van der Waals surface area contributed by atoms with Gasteiger partial charge in [0, 0.05) is 24.4 Å². The molecule has 33 heavy (non-hydrogen) atoms. The van der Waals surface area contributed by atoms with Gasteiger partial charge in [0.15, 0.2) is 15.0 Å². The molecule has 0 atom stereocenters. The Bertz CT molecular complexity index is 1190. The van der Waals surface area contributed by atoms with E-state index < -0.39 is 15.7 Å². The first-order valence-electron chi connectivity index (χ1n) is 10.7. The van der Waals surface area contributed by atoms with Crippen molar-refractivity contribution >= 4 is 54.2 Å². The Hall–Kier alpha value is -2.01. The summed E-state index contributed by atoms with van der Waals surface area (Å²) in [5.41, 5.74) is 0.812. The summed E-state index contributed by atoms with van der Waals surface area (Å²) in [5.74, 6) is -1.15. The second-order valence-corrected chi connectivity index (χ2v) is 11.4. The normalized spacial score (nSPS) is 11.9. The number of fused-ring (bicyclic) bond motifs is 1. The van der Waals surface area contributed by atoms with Gasteiger partial charge in [-0.2, -0.15) is 0 Å². The van der Waals surface area contributed by atoms with Gasteiger partial charge in [-0.25, -0.2) is 17.8 Å². The number of likely N-dealkylation sites (N-methyl/N-ethyl adjacent to an activating group) is 1. The number of anilines is 1. The molecule has 0 bridgehead atoms. The van der Waals surface area contributed by atoms with Gasteiger partial charge in [0.2, 0.25) is 5.91 Å². The van der Waals surface area contributed by atoms with E-state index in [9.17, 15) is 17.6 Å². The molecule has 0 N–H and O–H groups in total. The smallest absolute Gasteiger partial charge is 0.229 e. The lowest BCUT2D eigenvalue weighted by atomic mass is 10.3. The summed E-state index contributed by atoms with van der Waals surface area (Å²) in [4.78, 5) is 22.8. The number of carbonyl (C=O) groups excluding carboxylic acids is 1. The van der Waals surface area contributed by atoms with Crippen LogP contribution in [-0.4, -0.2) is 62.4 Å². The number of amides is 1. The number of nitrogens with zero attached hydrogens (tertiary/aromatic N) is 3. The van der Waals surface area contributed by atoms with Gasteiger partial charge in [0.25, 0.3) is 0 Å². The Morgan fingerprint density at radius 3 is 2.42 bits per heavy atom. The van der Waals surface area contributed by atoms with Crippen LogP contribution in [0, 0.1) is 5.82 Å². The molecule has 3 aromatic rings. The molecule has 178 valence electrons. The van der Waals surface area contributed by atoms with Gasteiger partial charge in [-0.05, 0) is 61.8 Å². The molecule has 0 saturated carbocycles. The average Bonchev–Trinajstić information content (AvgIpc) is 3.23. The lowest BCUT2D eigenvalue weighted by molar-refractivity contribution is -0.118. The van der Waals surface area contributed by atoms with Gasteiger partial charge in [0.05, 0.1) is 20.9 Å². The van der Waals surface area contributed by atoms with E-state index in [1.54, 1.807) is 16.7 Å². The molecule has 1 heterocycles. The summed E-state index contributed by atoms with van der Waals surface area (Å²) in [7, 11) is -3.71. The van der Waals surface area contributed by atoms with Crippen molar-refractivity contribution in [1.82, 2.24) is 9.88 Å². The lowest BCUT2D eigenvalue weighted by Gasteiger charge is -2.24. The SMILES string of the molecule is CCN(CC)CCN(C(=O)CCS(=O)(=O)c1ccc(F)cc1)c1nc2ccc(SC)cc2s1. The number of aromatic nitrogens is 1. The third-order valence-corrected chi connectivity index (χ3v) is 8.91. The largest absolute Gasteiger partial charge is 0.302 e. The molecule has 1 aromatic heterocycles. The van der Waals surface area contributed by atoms with Gasteiger partial charge in [0.1, 0.15) is 5.82 Å². The summed E-state index contributed by atoms with van der Waals surface area (Å²) in [5, 5.41) is 0.569. The third kappa shape index (κ3) is 6.53. The van der Waals surface area contributed by atoms with E-state index >= 15 is 0 Å². The minimum absolute atomic E-state index is 0.0102. The highest BCUT2D eigenvalue weighted by atomic mass is 32.2. The quantitative estimate of drug-likeness (QED) is 0.276. The first-order valence-corrected chi connectivity index (χ1v) is 14.4. The number of sulfone groups is 1. The zero-order valence-corrected chi connectivity index (χ0v) is 21.4. The van der Waals surface area contributed by atoms with Crippen molar-refractivity contribution in [3.8, 4) is 0 Å². The molecule has 10 heteroatoms. The minimum atomic E-state index is -3.71. The highest BCUT2D eigenvalue weighted by Crippen LogP contribution is 2.32. The van der Waals surface area contributed by atoms with Crippen LogP contribution >= 0.6 is 23.1 Å². The standard InChI is InChI=1S/C23H28FN3O3S3/c1-4-26(5-2)13-14-27(23-25-20-11-8-18(31-3)16-21(20)32-23)22(28)12-15-33(29,30)19-9-6-17(24)7-10-19/h6-11,16H,4-5,12-15H2,1-3H3. The van der Waals surface area contributed by atoms with E-state index in [0.29, 0.717) is 18.2 Å². The van der Waals surface area contributed by atoms with Crippen molar-refractivity contribution < 1.29 is 17.6 Å². The first kappa shape index (κ1) is 25.6. The van der Waals surface area contributed by atoms with Crippen LogP contribution in [0.5, 0.6) is 0 Å². The zero-order chi connectivity index (χ0) is 24.0. The number of hydrogen-bond acceptors (Lipinski definition) is 7. The van der Waals surface area contributed by atoms with E-state index in [2.05, 4.69) is 23.7 Å². The Balaban J connectivity index is 1.82.